The minimum Gasteiger partial charge on any atom is -0.508 e. The van der Waals surface area contributed by atoms with Crippen molar-refractivity contribution in [2.24, 2.45) is 0 Å². The van der Waals surface area contributed by atoms with E-state index in [1.54, 1.807) is 24.3 Å². The number of hydrogen-bond acceptors (Lipinski definition) is 4. The summed E-state index contributed by atoms with van der Waals surface area (Å²) in [6, 6.07) is 28.0. The molecule has 0 saturated heterocycles. The van der Waals surface area contributed by atoms with Crippen molar-refractivity contribution in [3.63, 3.8) is 0 Å². The molecule has 4 aromatic rings. The largest absolute Gasteiger partial charge is 0.508 e. The first kappa shape index (κ1) is 25.7. The van der Waals surface area contributed by atoms with E-state index in [0.717, 1.165) is 61.2 Å². The molecule has 0 spiro atoms. The van der Waals surface area contributed by atoms with Crippen LogP contribution < -0.4 is 9.47 Å². The van der Waals surface area contributed by atoms with Crippen molar-refractivity contribution in [2.45, 2.75) is 64.6 Å². The average Bonchev–Trinajstić information content (AvgIpc) is 2.97. The van der Waals surface area contributed by atoms with E-state index in [1.807, 2.05) is 12.1 Å². The van der Waals surface area contributed by atoms with Gasteiger partial charge in [0.2, 0.25) is 0 Å². The lowest BCUT2D eigenvalue weighted by molar-refractivity contribution is 0.176. The van der Waals surface area contributed by atoms with Crippen LogP contribution in [0.15, 0.2) is 84.9 Å². The van der Waals surface area contributed by atoms with Gasteiger partial charge in [0.25, 0.3) is 0 Å². The highest BCUT2D eigenvalue weighted by Gasteiger charge is 2.22. The van der Waals surface area contributed by atoms with Gasteiger partial charge in [-0.15, -0.1) is 0 Å². The van der Waals surface area contributed by atoms with Crippen molar-refractivity contribution >= 4 is 0 Å². The summed E-state index contributed by atoms with van der Waals surface area (Å²) in [6.45, 7) is 4.32. The van der Waals surface area contributed by atoms with E-state index in [4.69, 9.17) is 9.47 Å². The Bertz CT molecular complexity index is 1250. The fourth-order valence-corrected chi connectivity index (χ4v) is 5.16. The molecule has 2 aliphatic heterocycles. The van der Waals surface area contributed by atoms with Crippen LogP contribution in [0.2, 0.25) is 0 Å². The molecule has 196 valence electrons. The number of phenolic OH excluding ortho intramolecular Hbond substituents is 2. The van der Waals surface area contributed by atoms with Gasteiger partial charge < -0.3 is 19.7 Å². The molecule has 38 heavy (non-hydrogen) atoms. The SMILES string of the molecule is CCc1ccc(C2CCc3cc(O)ccc3O2)cc1.CCc1ccc(C2CCc3cc(O)ccc3O2)cc1. The summed E-state index contributed by atoms with van der Waals surface area (Å²) >= 11 is 0. The summed E-state index contributed by atoms with van der Waals surface area (Å²) in [7, 11) is 0. The molecule has 2 unspecified atom stereocenters. The van der Waals surface area contributed by atoms with Gasteiger partial charge >= 0.3 is 0 Å². The molecule has 0 fully saturated rings. The molecule has 0 amide bonds. The maximum atomic E-state index is 9.47. The molecular weight excluding hydrogens is 472 g/mol. The van der Waals surface area contributed by atoms with E-state index in [1.165, 1.54) is 22.3 Å². The topological polar surface area (TPSA) is 58.9 Å². The number of fused-ring (bicyclic) bond motifs is 2. The number of rotatable bonds is 4. The van der Waals surface area contributed by atoms with Gasteiger partial charge in [-0.05, 0) is 108 Å². The smallest absolute Gasteiger partial charge is 0.124 e. The van der Waals surface area contributed by atoms with Crippen molar-refractivity contribution in [1.82, 2.24) is 0 Å². The van der Waals surface area contributed by atoms with E-state index < -0.39 is 0 Å². The summed E-state index contributed by atoms with van der Waals surface area (Å²) in [6.07, 6.45) is 6.20. The third-order valence-electron chi connectivity index (χ3n) is 7.50. The summed E-state index contributed by atoms with van der Waals surface area (Å²) in [5.74, 6) is 2.42. The van der Waals surface area contributed by atoms with Gasteiger partial charge in [-0.1, -0.05) is 62.4 Å². The van der Waals surface area contributed by atoms with E-state index in [2.05, 4.69) is 62.4 Å². The molecule has 2 aliphatic rings. The predicted octanol–water partition coefficient (Wildman–Crippen LogP) is 8.04. The fraction of sp³-hybridized carbons (Fsp3) is 0.294. The Hall–Kier alpha value is -3.92. The zero-order chi connectivity index (χ0) is 26.5. The lowest BCUT2D eigenvalue weighted by atomic mass is 9.96. The van der Waals surface area contributed by atoms with Gasteiger partial charge in [0.1, 0.15) is 35.2 Å². The molecule has 4 aromatic carbocycles. The number of benzene rings is 4. The average molecular weight is 509 g/mol. The van der Waals surface area contributed by atoms with Crippen LogP contribution in [-0.2, 0) is 25.7 Å². The molecule has 0 radical (unpaired) electrons. The first-order valence-corrected chi connectivity index (χ1v) is 13.7. The fourth-order valence-electron chi connectivity index (χ4n) is 5.16. The minimum atomic E-state index is 0.128. The first-order chi connectivity index (χ1) is 18.5. The Morgan fingerprint density at radius 3 is 1.34 bits per heavy atom. The van der Waals surface area contributed by atoms with Crippen molar-refractivity contribution in [2.75, 3.05) is 0 Å². The molecule has 2 heterocycles. The van der Waals surface area contributed by atoms with E-state index in [0.29, 0.717) is 11.5 Å². The Balaban J connectivity index is 0.000000155. The van der Waals surface area contributed by atoms with Crippen LogP contribution in [0.5, 0.6) is 23.0 Å². The third-order valence-corrected chi connectivity index (χ3v) is 7.50. The standard InChI is InChI=1S/2C17H18O2/c2*1-2-12-3-5-13(6-4-12)16-9-7-14-11-15(18)8-10-17(14)19-16/h2*3-6,8,10-11,16,18H,2,7,9H2,1H3. The quantitative estimate of drug-likeness (QED) is 0.293. The van der Waals surface area contributed by atoms with Crippen LogP contribution >= 0.6 is 0 Å². The lowest BCUT2D eigenvalue weighted by Gasteiger charge is -2.26. The molecule has 2 atom stereocenters. The van der Waals surface area contributed by atoms with Gasteiger partial charge in [-0.25, -0.2) is 0 Å². The zero-order valence-electron chi connectivity index (χ0n) is 22.2. The van der Waals surface area contributed by atoms with E-state index in [-0.39, 0.29) is 12.2 Å². The van der Waals surface area contributed by atoms with Crippen molar-refractivity contribution in [3.05, 3.63) is 118 Å². The normalized spacial score (nSPS) is 17.6. The number of aromatic hydroxyl groups is 2. The monoisotopic (exact) mass is 508 g/mol. The highest BCUT2D eigenvalue weighted by atomic mass is 16.5. The Kier molecular flexibility index (Phi) is 7.88. The highest BCUT2D eigenvalue weighted by molar-refractivity contribution is 5.43. The van der Waals surface area contributed by atoms with Gasteiger partial charge in [-0.3, -0.25) is 0 Å². The summed E-state index contributed by atoms with van der Waals surface area (Å²) in [5, 5.41) is 18.9. The van der Waals surface area contributed by atoms with Crippen LogP contribution in [0.1, 0.15) is 72.3 Å². The van der Waals surface area contributed by atoms with Crippen LogP contribution in [0.25, 0.3) is 0 Å². The molecular formula is C34H36O4. The summed E-state index contributed by atoms with van der Waals surface area (Å²) < 4.78 is 12.1. The molecule has 4 nitrogen and oxygen atoms in total. The third kappa shape index (κ3) is 5.96. The second-order valence-electron chi connectivity index (χ2n) is 10.1. The molecule has 6 rings (SSSR count). The summed E-state index contributed by atoms with van der Waals surface area (Å²) in [4.78, 5) is 0. The van der Waals surface area contributed by atoms with E-state index >= 15 is 0 Å². The Morgan fingerprint density at radius 1 is 0.579 bits per heavy atom. The molecule has 0 bridgehead atoms. The maximum Gasteiger partial charge on any atom is 0.124 e. The Morgan fingerprint density at radius 2 is 0.974 bits per heavy atom. The highest BCUT2D eigenvalue weighted by Crippen LogP contribution is 2.37. The van der Waals surface area contributed by atoms with Gasteiger partial charge in [0, 0.05) is 0 Å². The Labute approximate surface area is 225 Å². The van der Waals surface area contributed by atoms with Gasteiger partial charge in [0.15, 0.2) is 0 Å². The van der Waals surface area contributed by atoms with Crippen molar-refractivity contribution in [3.8, 4) is 23.0 Å². The molecule has 0 saturated carbocycles. The van der Waals surface area contributed by atoms with Crippen LogP contribution in [0.3, 0.4) is 0 Å². The number of hydrogen-bond donors (Lipinski definition) is 2. The second-order valence-corrected chi connectivity index (χ2v) is 10.1. The molecule has 0 aliphatic carbocycles. The zero-order valence-corrected chi connectivity index (χ0v) is 22.2. The molecule has 0 aromatic heterocycles. The first-order valence-electron chi connectivity index (χ1n) is 13.7. The minimum absolute atomic E-state index is 0.128. The number of aryl methyl sites for hydroxylation is 4. The van der Waals surface area contributed by atoms with Crippen LogP contribution in [0.4, 0.5) is 0 Å². The van der Waals surface area contributed by atoms with Gasteiger partial charge in [0.05, 0.1) is 0 Å². The van der Waals surface area contributed by atoms with Crippen LogP contribution in [-0.4, -0.2) is 10.2 Å². The molecule has 4 heteroatoms. The van der Waals surface area contributed by atoms with Crippen molar-refractivity contribution < 1.29 is 19.7 Å². The molecule has 2 N–H and O–H groups in total. The van der Waals surface area contributed by atoms with Crippen molar-refractivity contribution in [1.29, 1.82) is 0 Å². The number of phenols is 2. The van der Waals surface area contributed by atoms with Gasteiger partial charge in [-0.2, -0.15) is 0 Å². The van der Waals surface area contributed by atoms with Crippen LogP contribution in [0, 0.1) is 0 Å². The predicted molar refractivity (Wildman–Crippen MR) is 151 cm³/mol. The lowest BCUT2D eigenvalue weighted by Crippen LogP contribution is -2.15. The maximum absolute atomic E-state index is 9.47. The number of ether oxygens (including phenoxy) is 2. The summed E-state index contributed by atoms with van der Waals surface area (Å²) in [5.41, 5.74) is 7.37. The van der Waals surface area contributed by atoms with E-state index in [9.17, 15) is 10.2 Å². The second kappa shape index (κ2) is 11.6.